The van der Waals surface area contributed by atoms with Crippen LogP contribution in [0, 0.1) is 14.9 Å². The molecule has 0 aliphatic rings. The highest BCUT2D eigenvalue weighted by molar-refractivity contribution is 14.1. The van der Waals surface area contributed by atoms with Crippen molar-refractivity contribution in [1.29, 1.82) is 5.26 Å². The summed E-state index contributed by atoms with van der Waals surface area (Å²) in [5, 5.41) is 19.3. The van der Waals surface area contributed by atoms with Gasteiger partial charge in [-0.2, -0.15) is 5.26 Å². The SMILES string of the molecule is COc1cc(C=C(C#N)Sc2nc3ccccc3s2)cc(I)c1O. The Morgan fingerprint density at radius 3 is 2.92 bits per heavy atom. The van der Waals surface area contributed by atoms with E-state index < -0.39 is 0 Å². The van der Waals surface area contributed by atoms with Gasteiger partial charge >= 0.3 is 0 Å². The van der Waals surface area contributed by atoms with Crippen molar-refractivity contribution < 1.29 is 9.84 Å². The lowest BCUT2D eigenvalue weighted by atomic mass is 10.2. The molecule has 0 atom stereocenters. The summed E-state index contributed by atoms with van der Waals surface area (Å²) in [4.78, 5) is 5.06. The number of nitrogens with zero attached hydrogens (tertiary/aromatic N) is 2. The number of rotatable bonds is 4. The average Bonchev–Trinajstić information content (AvgIpc) is 2.99. The molecule has 0 unspecified atom stereocenters. The van der Waals surface area contributed by atoms with Gasteiger partial charge in [0.1, 0.15) is 6.07 Å². The van der Waals surface area contributed by atoms with Gasteiger partial charge < -0.3 is 9.84 Å². The summed E-state index contributed by atoms with van der Waals surface area (Å²) in [6.07, 6.45) is 1.76. The molecule has 0 radical (unpaired) electrons. The van der Waals surface area contributed by atoms with E-state index in [1.807, 2.05) is 46.9 Å². The van der Waals surface area contributed by atoms with Crippen LogP contribution in [-0.4, -0.2) is 17.2 Å². The van der Waals surface area contributed by atoms with Crippen LogP contribution in [0.25, 0.3) is 16.3 Å². The van der Waals surface area contributed by atoms with Crippen molar-refractivity contribution >= 4 is 62.0 Å². The van der Waals surface area contributed by atoms with E-state index in [1.165, 1.54) is 18.9 Å². The van der Waals surface area contributed by atoms with E-state index in [1.54, 1.807) is 29.5 Å². The average molecular weight is 466 g/mol. The quantitative estimate of drug-likeness (QED) is 0.322. The lowest BCUT2D eigenvalue weighted by molar-refractivity contribution is 0.371. The fourth-order valence-electron chi connectivity index (χ4n) is 2.06. The second kappa shape index (κ2) is 7.42. The zero-order valence-electron chi connectivity index (χ0n) is 12.5. The van der Waals surface area contributed by atoms with Gasteiger partial charge in [-0.1, -0.05) is 12.1 Å². The van der Waals surface area contributed by atoms with Gasteiger partial charge in [-0.3, -0.25) is 0 Å². The van der Waals surface area contributed by atoms with E-state index in [0.717, 1.165) is 20.1 Å². The Kier molecular flexibility index (Phi) is 5.28. The maximum absolute atomic E-state index is 9.90. The lowest BCUT2D eigenvalue weighted by Crippen LogP contribution is -1.88. The Labute approximate surface area is 160 Å². The van der Waals surface area contributed by atoms with Gasteiger partial charge in [0, 0.05) is 0 Å². The molecular weight excluding hydrogens is 455 g/mol. The van der Waals surface area contributed by atoms with Crippen molar-refractivity contribution in [3.8, 4) is 17.6 Å². The van der Waals surface area contributed by atoms with Crippen LogP contribution >= 0.6 is 45.7 Å². The summed E-state index contributed by atoms with van der Waals surface area (Å²) in [5.74, 6) is 0.489. The molecule has 0 aliphatic carbocycles. The van der Waals surface area contributed by atoms with Crippen LogP contribution in [-0.2, 0) is 0 Å². The maximum Gasteiger partial charge on any atom is 0.171 e. The van der Waals surface area contributed by atoms with Crippen LogP contribution in [0.4, 0.5) is 0 Å². The molecule has 0 saturated carbocycles. The number of methoxy groups -OCH3 is 1. The molecule has 0 spiro atoms. The summed E-state index contributed by atoms with van der Waals surface area (Å²) in [5.41, 5.74) is 1.72. The van der Waals surface area contributed by atoms with Crippen LogP contribution in [0.1, 0.15) is 5.56 Å². The van der Waals surface area contributed by atoms with Crippen LogP contribution in [0.3, 0.4) is 0 Å². The first-order valence-electron chi connectivity index (χ1n) is 6.82. The van der Waals surface area contributed by atoms with E-state index in [0.29, 0.717) is 14.2 Å². The Hall–Kier alpha value is -1.76. The molecular formula is C17H11IN2O2S2. The number of phenolic OH excluding ortho intramolecular Hbond substituents is 1. The summed E-state index contributed by atoms with van der Waals surface area (Å²) in [6.45, 7) is 0. The van der Waals surface area contributed by atoms with Crippen molar-refractivity contribution in [1.82, 2.24) is 4.98 Å². The second-order valence-corrected chi connectivity index (χ2v) is 8.21. The van der Waals surface area contributed by atoms with Gasteiger partial charge in [0.2, 0.25) is 0 Å². The Morgan fingerprint density at radius 2 is 2.21 bits per heavy atom. The van der Waals surface area contributed by atoms with Gasteiger partial charge in [-0.05, 0) is 70.3 Å². The normalized spacial score (nSPS) is 11.5. The molecule has 4 nitrogen and oxygen atoms in total. The first-order valence-corrected chi connectivity index (χ1v) is 9.53. The van der Waals surface area contributed by atoms with Gasteiger partial charge in [-0.15, -0.1) is 11.3 Å². The van der Waals surface area contributed by atoms with Crippen LogP contribution in [0.5, 0.6) is 11.5 Å². The van der Waals surface area contributed by atoms with Gasteiger partial charge in [-0.25, -0.2) is 4.98 Å². The number of ether oxygens (including phenoxy) is 1. The summed E-state index contributed by atoms with van der Waals surface area (Å²) < 4.78 is 7.74. The number of nitriles is 1. The molecule has 0 aliphatic heterocycles. The monoisotopic (exact) mass is 466 g/mol. The van der Waals surface area contributed by atoms with E-state index in [4.69, 9.17) is 4.74 Å². The van der Waals surface area contributed by atoms with Crippen LogP contribution in [0.15, 0.2) is 45.6 Å². The number of thiazole rings is 1. The molecule has 0 fully saturated rings. The fourth-order valence-corrected chi connectivity index (χ4v) is 4.66. The minimum absolute atomic E-state index is 0.104. The third-order valence-electron chi connectivity index (χ3n) is 3.15. The summed E-state index contributed by atoms with van der Waals surface area (Å²) >= 11 is 4.92. The molecule has 1 N–H and O–H groups in total. The number of para-hydroxylation sites is 1. The third-order valence-corrected chi connectivity index (χ3v) is 6.00. The van der Waals surface area contributed by atoms with Crippen molar-refractivity contribution in [2.75, 3.05) is 7.11 Å². The fraction of sp³-hybridized carbons (Fsp3) is 0.0588. The molecule has 0 bridgehead atoms. The number of aromatic hydroxyl groups is 1. The molecule has 0 saturated heterocycles. The number of hydrogen-bond acceptors (Lipinski definition) is 6. The summed E-state index contributed by atoms with van der Waals surface area (Å²) in [6, 6.07) is 13.6. The van der Waals surface area contributed by atoms with Crippen molar-refractivity contribution in [3.05, 3.63) is 50.4 Å². The number of benzene rings is 2. The number of aromatic nitrogens is 1. The molecule has 7 heteroatoms. The van der Waals surface area contributed by atoms with Crippen LogP contribution < -0.4 is 4.74 Å². The standard InChI is InChI=1S/C17H11IN2O2S2/c1-22-14-8-10(7-12(18)16(14)21)6-11(9-19)23-17-20-13-4-2-3-5-15(13)24-17/h2-8,21H,1H3. The largest absolute Gasteiger partial charge is 0.504 e. The molecule has 1 heterocycles. The van der Waals surface area contributed by atoms with Crippen LogP contribution in [0.2, 0.25) is 0 Å². The van der Waals surface area contributed by atoms with Crippen molar-refractivity contribution in [2.24, 2.45) is 0 Å². The maximum atomic E-state index is 9.90. The zero-order chi connectivity index (χ0) is 17.1. The second-order valence-electron chi connectivity index (χ2n) is 4.72. The predicted octanol–water partition coefficient (Wildman–Crippen LogP) is 5.27. The molecule has 1 aromatic heterocycles. The molecule has 2 aromatic carbocycles. The Morgan fingerprint density at radius 1 is 1.42 bits per heavy atom. The van der Waals surface area contributed by atoms with Gasteiger partial charge in [0.15, 0.2) is 15.8 Å². The smallest absolute Gasteiger partial charge is 0.171 e. The minimum atomic E-state index is 0.104. The molecule has 3 aromatic rings. The highest BCUT2D eigenvalue weighted by atomic mass is 127. The number of allylic oxidation sites excluding steroid dienone is 1. The van der Waals surface area contributed by atoms with Crippen molar-refractivity contribution in [3.63, 3.8) is 0 Å². The molecule has 0 amide bonds. The first-order chi connectivity index (χ1) is 11.6. The van der Waals surface area contributed by atoms with E-state index in [2.05, 4.69) is 11.1 Å². The van der Waals surface area contributed by atoms with E-state index in [9.17, 15) is 10.4 Å². The first kappa shape index (κ1) is 17.1. The Bertz CT molecular complexity index is 943. The highest BCUT2D eigenvalue weighted by Gasteiger charge is 2.10. The third kappa shape index (κ3) is 3.66. The zero-order valence-corrected chi connectivity index (χ0v) is 16.3. The summed E-state index contributed by atoms with van der Waals surface area (Å²) in [7, 11) is 1.50. The highest BCUT2D eigenvalue weighted by Crippen LogP contribution is 2.36. The number of fused-ring (bicyclic) bond motifs is 1. The van der Waals surface area contributed by atoms with Crippen molar-refractivity contribution in [2.45, 2.75) is 4.34 Å². The van der Waals surface area contributed by atoms with E-state index in [-0.39, 0.29) is 5.75 Å². The number of phenols is 1. The number of hydrogen-bond donors (Lipinski definition) is 1. The number of halogens is 1. The van der Waals surface area contributed by atoms with Gasteiger partial charge in [0.25, 0.3) is 0 Å². The molecule has 3 rings (SSSR count). The molecule has 120 valence electrons. The minimum Gasteiger partial charge on any atom is -0.504 e. The van der Waals surface area contributed by atoms with E-state index >= 15 is 0 Å². The lowest BCUT2D eigenvalue weighted by Gasteiger charge is -2.06. The number of thioether (sulfide) groups is 1. The topological polar surface area (TPSA) is 66.1 Å². The predicted molar refractivity (Wildman–Crippen MR) is 106 cm³/mol. The molecule has 24 heavy (non-hydrogen) atoms. The Balaban J connectivity index is 1.92. The van der Waals surface area contributed by atoms with Gasteiger partial charge in [0.05, 0.1) is 25.8 Å².